The lowest BCUT2D eigenvalue weighted by Gasteiger charge is -2.32. The minimum absolute atomic E-state index is 0.0543. The Kier molecular flexibility index (Phi) is 18.8. The number of Topliss-reactive ketones (excluding diaryl/α,β-unsaturated/α-hetero) is 3. The molecule has 1 aliphatic heterocycles. The van der Waals surface area contributed by atoms with Crippen LogP contribution in [-0.2, 0) is 40.2 Å². The summed E-state index contributed by atoms with van der Waals surface area (Å²) in [4.78, 5) is 70.0. The predicted molar refractivity (Wildman–Crippen MR) is 220 cm³/mol. The number of carbonyl (C=O) groups excluding carboxylic acids is 5. The number of nitrogens with one attached hydrogen (secondary N) is 1. The molecule has 5 atom stereocenters. The van der Waals surface area contributed by atoms with Crippen LogP contribution in [0.1, 0.15) is 89.8 Å². The number of ether oxygens (including phenoxy) is 2. The summed E-state index contributed by atoms with van der Waals surface area (Å²) in [5, 5.41) is 2.85. The van der Waals surface area contributed by atoms with Gasteiger partial charge in [-0.1, -0.05) is 45.7 Å². The van der Waals surface area contributed by atoms with Crippen molar-refractivity contribution in [2.24, 2.45) is 35.0 Å². The van der Waals surface area contributed by atoms with Gasteiger partial charge in [0, 0.05) is 55.9 Å². The summed E-state index contributed by atoms with van der Waals surface area (Å²) in [6.07, 6.45) is 2.20. The molecule has 1 aliphatic rings. The molecule has 14 nitrogen and oxygen atoms in total. The summed E-state index contributed by atoms with van der Waals surface area (Å²) in [6, 6.07) is 8.18. The summed E-state index contributed by atoms with van der Waals surface area (Å²) in [6.45, 7) is 7.68. The number of sulfone groups is 1. The molecular weight excluding hydrogens is 751 g/mol. The van der Waals surface area contributed by atoms with Crippen LogP contribution in [0.15, 0.2) is 36.4 Å². The number of carbonyl (C=O) groups is 5. The van der Waals surface area contributed by atoms with E-state index in [0.29, 0.717) is 66.0 Å². The molecule has 15 heteroatoms. The van der Waals surface area contributed by atoms with Gasteiger partial charge >= 0.3 is 0 Å². The van der Waals surface area contributed by atoms with Crippen molar-refractivity contribution in [1.82, 2.24) is 10.2 Å². The SMILES string of the molecule is CCCCS(=O)(=O)C[C@@H](CCCCN)C(=O)N(C)[C@@H]1C(=O)C[C@@H](C)C(=O)N[C@H](C(=O)C[C@@H](C)C(C)=O)Cc2ccc(OCCN)c(c2)-c2cc1ccc2OCCN. The maximum Gasteiger partial charge on any atom is 0.227 e. The predicted octanol–water partition coefficient (Wildman–Crippen LogP) is 3.31. The largest absolute Gasteiger partial charge is 0.492 e. The first kappa shape index (κ1) is 47.2. The van der Waals surface area contributed by atoms with Crippen molar-refractivity contribution in [2.45, 2.75) is 91.1 Å². The maximum absolute atomic E-state index is 14.6. The number of hydrogen-bond donors (Lipinski definition) is 4. The van der Waals surface area contributed by atoms with Gasteiger partial charge in [0.15, 0.2) is 21.4 Å². The molecule has 1 heterocycles. The van der Waals surface area contributed by atoms with Crippen molar-refractivity contribution in [3.8, 4) is 22.6 Å². The second-order valence-corrected chi connectivity index (χ2v) is 17.4. The summed E-state index contributed by atoms with van der Waals surface area (Å²) in [7, 11) is -2.13. The summed E-state index contributed by atoms with van der Waals surface area (Å²) >= 11 is 0. The molecule has 0 unspecified atom stereocenters. The molecule has 2 aromatic carbocycles. The molecule has 0 aliphatic carbocycles. The number of nitrogens with zero attached hydrogens (tertiary/aromatic N) is 1. The van der Waals surface area contributed by atoms with Gasteiger partial charge < -0.3 is 36.9 Å². The summed E-state index contributed by atoms with van der Waals surface area (Å²) in [5.74, 6) is -4.03. The van der Waals surface area contributed by atoms with Gasteiger partial charge in [0.2, 0.25) is 11.8 Å². The normalized spacial score (nSPS) is 18.5. The van der Waals surface area contributed by atoms with E-state index in [9.17, 15) is 32.4 Å². The number of fused-ring (bicyclic) bond motifs is 5. The highest BCUT2D eigenvalue weighted by atomic mass is 32.2. The molecule has 3 rings (SSSR count). The molecular formula is C42H63N5O9S. The zero-order chi connectivity index (χ0) is 42.3. The van der Waals surface area contributed by atoms with Crippen LogP contribution in [0.4, 0.5) is 0 Å². The van der Waals surface area contributed by atoms with Crippen LogP contribution in [-0.4, -0.2) is 99.9 Å². The van der Waals surface area contributed by atoms with Crippen LogP contribution < -0.4 is 32.0 Å². The van der Waals surface area contributed by atoms with Gasteiger partial charge in [0.05, 0.1) is 23.5 Å². The van der Waals surface area contributed by atoms with Gasteiger partial charge in [-0.3, -0.25) is 24.0 Å². The number of hydrogen-bond acceptors (Lipinski definition) is 12. The highest BCUT2D eigenvalue weighted by molar-refractivity contribution is 7.91. The number of ketones is 3. The first-order chi connectivity index (χ1) is 27.1. The van der Waals surface area contributed by atoms with Crippen LogP contribution in [0.25, 0.3) is 11.1 Å². The van der Waals surface area contributed by atoms with Crippen LogP contribution >= 0.6 is 0 Å². The average Bonchev–Trinajstić information content (AvgIpc) is 3.17. The fourth-order valence-corrected chi connectivity index (χ4v) is 8.75. The Morgan fingerprint density at radius 2 is 1.54 bits per heavy atom. The first-order valence-electron chi connectivity index (χ1n) is 20.0. The van der Waals surface area contributed by atoms with E-state index in [1.165, 1.54) is 18.9 Å². The quantitative estimate of drug-likeness (QED) is 0.133. The Hall–Kier alpha value is -4.18. The third kappa shape index (κ3) is 13.7. The number of likely N-dealkylation sites (N-methyl/N-ethyl adjacent to an activating group) is 1. The van der Waals surface area contributed by atoms with E-state index in [4.69, 9.17) is 26.7 Å². The Morgan fingerprint density at radius 1 is 0.912 bits per heavy atom. The number of nitrogens with two attached hydrogens (primary N) is 3. The van der Waals surface area contributed by atoms with Gasteiger partial charge in [-0.05, 0) is 74.5 Å². The van der Waals surface area contributed by atoms with E-state index >= 15 is 0 Å². The number of unbranched alkanes of at least 4 members (excludes halogenated alkanes) is 2. The molecule has 2 aromatic rings. The fraction of sp³-hybridized carbons (Fsp3) is 0.595. The average molecular weight is 814 g/mol. The third-order valence-electron chi connectivity index (χ3n) is 10.4. The Bertz CT molecular complexity index is 1820. The highest BCUT2D eigenvalue weighted by Gasteiger charge is 2.37. The van der Waals surface area contributed by atoms with E-state index in [1.807, 2.05) is 13.0 Å². The first-order valence-corrected chi connectivity index (χ1v) is 21.9. The van der Waals surface area contributed by atoms with Gasteiger partial charge in [-0.2, -0.15) is 0 Å². The minimum atomic E-state index is -3.61. The fourth-order valence-electron chi connectivity index (χ4n) is 6.93. The molecule has 0 aromatic heterocycles. The molecule has 0 saturated heterocycles. The molecule has 0 radical (unpaired) electrons. The van der Waals surface area contributed by atoms with Crippen LogP contribution in [0.2, 0.25) is 0 Å². The van der Waals surface area contributed by atoms with Gasteiger partial charge in [-0.25, -0.2) is 8.42 Å². The van der Waals surface area contributed by atoms with Crippen molar-refractivity contribution < 1.29 is 41.9 Å². The lowest BCUT2D eigenvalue weighted by atomic mass is 9.88. The number of rotatable bonds is 21. The Morgan fingerprint density at radius 3 is 2.14 bits per heavy atom. The summed E-state index contributed by atoms with van der Waals surface area (Å²) in [5.41, 5.74) is 19.5. The highest BCUT2D eigenvalue weighted by Crippen LogP contribution is 2.41. The van der Waals surface area contributed by atoms with E-state index in [2.05, 4.69) is 5.32 Å². The minimum Gasteiger partial charge on any atom is -0.492 e. The smallest absolute Gasteiger partial charge is 0.227 e. The van der Waals surface area contributed by atoms with Crippen LogP contribution in [0.5, 0.6) is 11.5 Å². The van der Waals surface area contributed by atoms with Crippen molar-refractivity contribution in [2.75, 3.05) is 51.4 Å². The Balaban J connectivity index is 2.29. The monoisotopic (exact) mass is 813 g/mol. The zero-order valence-electron chi connectivity index (χ0n) is 34.2. The lowest BCUT2D eigenvalue weighted by molar-refractivity contribution is -0.142. The molecule has 2 amide bonds. The molecule has 0 fully saturated rings. The van der Waals surface area contributed by atoms with Crippen molar-refractivity contribution >= 4 is 39.0 Å². The van der Waals surface area contributed by atoms with Crippen LogP contribution in [0, 0.1) is 17.8 Å². The van der Waals surface area contributed by atoms with Gasteiger partial charge in [0.1, 0.15) is 36.5 Å². The van der Waals surface area contributed by atoms with E-state index in [-0.39, 0.29) is 75.1 Å². The zero-order valence-corrected chi connectivity index (χ0v) is 35.0. The van der Waals surface area contributed by atoms with Crippen molar-refractivity contribution in [3.05, 3.63) is 47.5 Å². The number of amides is 2. The van der Waals surface area contributed by atoms with E-state index in [1.54, 1.807) is 44.2 Å². The topological polar surface area (TPSA) is 231 Å². The molecule has 0 saturated carbocycles. The van der Waals surface area contributed by atoms with E-state index < -0.39 is 57.3 Å². The second-order valence-electron chi connectivity index (χ2n) is 15.2. The standard InChI is InChI=1S/C42H63N5O9S/c1-6-7-20-57(53,54)26-32(10-8-9-15-43)42(52)47(5)40-31-12-14-39(56-19-17-45)34(25-31)33-23-30(11-13-38(33)55-18-16-44)24-35(36(49)21-27(2)29(4)48)46-41(51)28(3)22-37(40)50/h11-14,23,25,27-28,32,35,40H,6-10,15-22,24,26,43-45H2,1-5H3,(H,46,51)/t27-,28-,32-,35+,40+/m1/s1. The lowest BCUT2D eigenvalue weighted by Crippen LogP contribution is -2.46. The Labute approximate surface area is 337 Å². The third-order valence-corrected chi connectivity index (χ3v) is 12.2. The van der Waals surface area contributed by atoms with Crippen LogP contribution in [0.3, 0.4) is 0 Å². The van der Waals surface area contributed by atoms with Crippen molar-refractivity contribution in [1.29, 1.82) is 0 Å². The van der Waals surface area contributed by atoms with Gasteiger partial charge in [0.25, 0.3) is 0 Å². The van der Waals surface area contributed by atoms with E-state index in [0.717, 1.165) is 0 Å². The van der Waals surface area contributed by atoms with Gasteiger partial charge in [-0.15, -0.1) is 0 Å². The molecule has 316 valence electrons. The second kappa shape index (κ2) is 22.7. The molecule has 0 spiro atoms. The molecule has 57 heavy (non-hydrogen) atoms. The van der Waals surface area contributed by atoms with Crippen molar-refractivity contribution in [3.63, 3.8) is 0 Å². The molecule has 7 N–H and O–H groups in total. The molecule has 4 bridgehead atoms. The summed E-state index contributed by atoms with van der Waals surface area (Å²) < 4.78 is 38.7. The number of benzene rings is 2. The maximum atomic E-state index is 14.6.